The summed E-state index contributed by atoms with van der Waals surface area (Å²) in [5, 5.41) is 26.7. The number of rotatable bonds is 3. The molecule has 0 bridgehead atoms. The Morgan fingerprint density at radius 3 is 2.33 bits per heavy atom. The minimum Gasteiger partial charge on any atom is -0.512 e. The lowest BCUT2D eigenvalue weighted by Gasteiger charge is -2.18. The van der Waals surface area contributed by atoms with Crippen LogP contribution in [0.4, 0.5) is 4.39 Å². The molecule has 0 atom stereocenters. The van der Waals surface area contributed by atoms with Crippen molar-refractivity contribution in [2.24, 2.45) is 0 Å². The number of benzene rings is 1. The van der Waals surface area contributed by atoms with E-state index in [9.17, 15) is 9.50 Å². The van der Waals surface area contributed by atoms with Crippen LogP contribution in [0.25, 0.3) is 0 Å². The van der Waals surface area contributed by atoms with Gasteiger partial charge in [0.25, 0.3) is 0 Å². The van der Waals surface area contributed by atoms with Crippen LogP contribution < -0.4 is 4.65 Å². The fourth-order valence-electron chi connectivity index (χ4n) is 1.11. The molecule has 0 aliphatic rings. The summed E-state index contributed by atoms with van der Waals surface area (Å²) in [5.74, 6) is -0.674. The highest BCUT2D eigenvalue weighted by atomic mass is 19.1. The Kier molecular flexibility index (Phi) is 3.33. The highest BCUT2D eigenvalue weighted by molar-refractivity contribution is 6.33. The molecule has 15 heavy (non-hydrogen) atoms. The Balaban J connectivity index is 3.06. The third-order valence-electron chi connectivity index (χ3n) is 1.82. The topological polar surface area (TPSA) is 69.9 Å². The first kappa shape index (κ1) is 12.0. The standard InChI is InChI=1S/C9H12BFO4/c1-9(2,12)6-3-7(11)5-8(4-6)15-10(13)14/h3-5,12-14H,1-2H3. The zero-order valence-corrected chi connectivity index (χ0v) is 8.44. The third kappa shape index (κ3) is 3.51. The van der Waals surface area contributed by atoms with E-state index in [4.69, 9.17) is 10.0 Å². The van der Waals surface area contributed by atoms with Gasteiger partial charge in [0.1, 0.15) is 11.6 Å². The molecule has 0 spiro atoms. The summed E-state index contributed by atoms with van der Waals surface area (Å²) in [7, 11) is -2.01. The minimum atomic E-state index is -2.01. The fourth-order valence-corrected chi connectivity index (χ4v) is 1.11. The van der Waals surface area contributed by atoms with E-state index in [1.54, 1.807) is 0 Å². The van der Waals surface area contributed by atoms with Crippen molar-refractivity contribution >= 4 is 7.32 Å². The molecule has 0 fully saturated rings. The van der Waals surface area contributed by atoms with Gasteiger partial charge >= 0.3 is 7.32 Å². The van der Waals surface area contributed by atoms with Crippen LogP contribution in [0.1, 0.15) is 19.4 Å². The predicted molar refractivity (Wildman–Crippen MR) is 52.5 cm³/mol. The molecule has 0 aliphatic heterocycles. The van der Waals surface area contributed by atoms with E-state index in [0.29, 0.717) is 0 Å². The van der Waals surface area contributed by atoms with Crippen LogP contribution in [0.2, 0.25) is 0 Å². The summed E-state index contributed by atoms with van der Waals surface area (Å²) in [4.78, 5) is 0. The zero-order chi connectivity index (χ0) is 11.6. The highest BCUT2D eigenvalue weighted by Crippen LogP contribution is 2.25. The van der Waals surface area contributed by atoms with E-state index in [2.05, 4.69) is 4.65 Å². The lowest BCUT2D eigenvalue weighted by molar-refractivity contribution is 0.0779. The molecule has 4 nitrogen and oxygen atoms in total. The number of aliphatic hydroxyl groups is 1. The van der Waals surface area contributed by atoms with Crippen LogP contribution in [-0.4, -0.2) is 22.5 Å². The molecule has 1 aromatic rings. The van der Waals surface area contributed by atoms with Gasteiger partial charge in [0, 0.05) is 6.07 Å². The van der Waals surface area contributed by atoms with Crippen LogP contribution in [0.15, 0.2) is 18.2 Å². The third-order valence-corrected chi connectivity index (χ3v) is 1.82. The van der Waals surface area contributed by atoms with Gasteiger partial charge < -0.3 is 19.8 Å². The average molecular weight is 214 g/mol. The average Bonchev–Trinajstić information content (AvgIpc) is 1.99. The van der Waals surface area contributed by atoms with Gasteiger partial charge in [0.15, 0.2) is 0 Å². The van der Waals surface area contributed by atoms with Crippen LogP contribution in [-0.2, 0) is 5.60 Å². The maximum absolute atomic E-state index is 13.1. The number of hydrogen-bond acceptors (Lipinski definition) is 4. The molecule has 0 saturated carbocycles. The molecule has 0 radical (unpaired) electrons. The van der Waals surface area contributed by atoms with Crippen molar-refractivity contribution in [3.8, 4) is 5.75 Å². The molecule has 1 rings (SSSR count). The predicted octanol–water partition coefficient (Wildman–Crippen LogP) is 0.401. The summed E-state index contributed by atoms with van der Waals surface area (Å²) in [5.41, 5.74) is -0.932. The molecule has 6 heteroatoms. The summed E-state index contributed by atoms with van der Waals surface area (Å²) in [6, 6.07) is 3.48. The maximum Gasteiger partial charge on any atom is 0.707 e. The Morgan fingerprint density at radius 1 is 1.27 bits per heavy atom. The molecule has 0 unspecified atom stereocenters. The first-order valence-electron chi connectivity index (χ1n) is 4.35. The van der Waals surface area contributed by atoms with E-state index in [-0.39, 0.29) is 11.3 Å². The summed E-state index contributed by atoms with van der Waals surface area (Å²) < 4.78 is 17.5. The Bertz CT molecular complexity index is 348. The quantitative estimate of drug-likeness (QED) is 0.637. The number of hydrogen-bond donors (Lipinski definition) is 3. The van der Waals surface area contributed by atoms with Crippen molar-refractivity contribution in [2.75, 3.05) is 0 Å². The van der Waals surface area contributed by atoms with Crippen molar-refractivity contribution in [3.05, 3.63) is 29.6 Å². The summed E-state index contributed by atoms with van der Waals surface area (Å²) >= 11 is 0. The molecular weight excluding hydrogens is 202 g/mol. The van der Waals surface area contributed by atoms with Gasteiger partial charge in [-0.3, -0.25) is 0 Å². The van der Waals surface area contributed by atoms with E-state index in [1.165, 1.54) is 19.9 Å². The normalized spacial score (nSPS) is 11.3. The van der Waals surface area contributed by atoms with E-state index >= 15 is 0 Å². The SMILES string of the molecule is CC(C)(O)c1cc(F)cc(OB(O)O)c1. The molecule has 1 aromatic carbocycles. The van der Waals surface area contributed by atoms with Gasteiger partial charge in [0.05, 0.1) is 5.60 Å². The Morgan fingerprint density at radius 2 is 1.87 bits per heavy atom. The van der Waals surface area contributed by atoms with Gasteiger partial charge in [-0.05, 0) is 31.5 Å². The molecule has 0 heterocycles. The van der Waals surface area contributed by atoms with Gasteiger partial charge in [-0.25, -0.2) is 4.39 Å². The van der Waals surface area contributed by atoms with E-state index in [1.807, 2.05) is 0 Å². The zero-order valence-electron chi connectivity index (χ0n) is 8.44. The molecule has 0 amide bonds. The molecule has 0 aromatic heterocycles. The summed E-state index contributed by atoms with van der Waals surface area (Å²) in [6.07, 6.45) is 0. The van der Waals surface area contributed by atoms with Crippen LogP contribution in [0, 0.1) is 5.82 Å². The summed E-state index contributed by atoms with van der Waals surface area (Å²) in [6.45, 7) is 2.97. The van der Waals surface area contributed by atoms with Crippen molar-refractivity contribution in [1.29, 1.82) is 0 Å². The molecule has 0 aliphatic carbocycles. The van der Waals surface area contributed by atoms with E-state index in [0.717, 1.165) is 12.1 Å². The Hall–Kier alpha value is -1.11. The van der Waals surface area contributed by atoms with Gasteiger partial charge in [-0.15, -0.1) is 0 Å². The monoisotopic (exact) mass is 214 g/mol. The molecule has 3 N–H and O–H groups in total. The molecular formula is C9H12BFO4. The second-order valence-electron chi connectivity index (χ2n) is 3.68. The largest absolute Gasteiger partial charge is 0.707 e. The lowest BCUT2D eigenvalue weighted by Crippen LogP contribution is -2.22. The molecule has 82 valence electrons. The number of halogens is 1. The maximum atomic E-state index is 13.1. The smallest absolute Gasteiger partial charge is 0.512 e. The fraction of sp³-hybridized carbons (Fsp3) is 0.333. The van der Waals surface area contributed by atoms with Crippen molar-refractivity contribution in [1.82, 2.24) is 0 Å². The second-order valence-corrected chi connectivity index (χ2v) is 3.68. The second kappa shape index (κ2) is 4.18. The van der Waals surface area contributed by atoms with Crippen LogP contribution in [0.3, 0.4) is 0 Å². The van der Waals surface area contributed by atoms with Gasteiger partial charge in [0.2, 0.25) is 0 Å². The van der Waals surface area contributed by atoms with Crippen LogP contribution >= 0.6 is 0 Å². The van der Waals surface area contributed by atoms with Crippen LogP contribution in [0.5, 0.6) is 5.75 Å². The van der Waals surface area contributed by atoms with Crippen molar-refractivity contribution in [2.45, 2.75) is 19.4 Å². The molecule has 0 saturated heterocycles. The first-order chi connectivity index (χ1) is 6.79. The lowest BCUT2D eigenvalue weighted by atomic mass is 9.98. The Labute approximate surface area is 87.1 Å². The van der Waals surface area contributed by atoms with Gasteiger partial charge in [-0.2, -0.15) is 0 Å². The minimum absolute atomic E-state index is 0.0536. The first-order valence-corrected chi connectivity index (χ1v) is 4.35. The van der Waals surface area contributed by atoms with E-state index < -0.39 is 18.7 Å². The van der Waals surface area contributed by atoms with Crippen molar-refractivity contribution < 1.29 is 24.2 Å². The van der Waals surface area contributed by atoms with Crippen molar-refractivity contribution in [3.63, 3.8) is 0 Å². The highest BCUT2D eigenvalue weighted by Gasteiger charge is 2.19. The van der Waals surface area contributed by atoms with Gasteiger partial charge in [-0.1, -0.05) is 0 Å².